The van der Waals surface area contributed by atoms with Crippen LogP contribution in [0.2, 0.25) is 0 Å². The summed E-state index contributed by atoms with van der Waals surface area (Å²) in [6, 6.07) is 3.60. The van der Waals surface area contributed by atoms with Crippen molar-refractivity contribution in [1.82, 2.24) is 5.32 Å². The number of thiocarbonyl (C=S) groups is 1. The molecule has 1 atom stereocenters. The first-order valence-electron chi connectivity index (χ1n) is 4.77. The zero-order valence-corrected chi connectivity index (χ0v) is 12.3. The van der Waals surface area contributed by atoms with E-state index in [1.807, 2.05) is 19.9 Å². The van der Waals surface area contributed by atoms with E-state index in [2.05, 4.69) is 21.2 Å². The predicted octanol–water partition coefficient (Wildman–Crippen LogP) is 2.70. The minimum absolute atomic E-state index is 0.146. The lowest BCUT2D eigenvalue weighted by Crippen LogP contribution is -2.53. The first-order chi connectivity index (χ1) is 7.39. The molecule has 0 aliphatic heterocycles. The lowest BCUT2D eigenvalue weighted by atomic mass is 9.99. The van der Waals surface area contributed by atoms with E-state index in [1.54, 1.807) is 6.07 Å². The third-order valence-electron chi connectivity index (χ3n) is 2.44. The van der Waals surface area contributed by atoms with E-state index in [9.17, 15) is 4.79 Å². The topological polar surface area (TPSA) is 55.1 Å². The Balaban J connectivity index is 2.81. The molecule has 0 saturated carbocycles. The van der Waals surface area contributed by atoms with Crippen molar-refractivity contribution in [2.45, 2.75) is 25.8 Å². The summed E-state index contributed by atoms with van der Waals surface area (Å²) in [5, 5.41) is 2.86. The number of carbonyl (C=O) groups is 1. The zero-order chi connectivity index (χ0) is 12.3. The van der Waals surface area contributed by atoms with Crippen LogP contribution in [0.15, 0.2) is 15.9 Å². The number of hydrogen-bond acceptors (Lipinski definition) is 3. The molecule has 1 heterocycles. The number of halogens is 1. The maximum Gasteiger partial charge on any atom is 0.262 e. The minimum Gasteiger partial charge on any atom is -0.391 e. The first kappa shape index (κ1) is 13.6. The van der Waals surface area contributed by atoms with Gasteiger partial charge in [0.1, 0.15) is 0 Å². The second-order valence-corrected chi connectivity index (χ2v) is 6.51. The maximum absolute atomic E-state index is 11.9. The molecule has 3 N–H and O–H groups in total. The van der Waals surface area contributed by atoms with Gasteiger partial charge < -0.3 is 11.1 Å². The molecule has 1 rings (SSSR count). The van der Waals surface area contributed by atoms with Crippen LogP contribution in [0.1, 0.15) is 29.9 Å². The van der Waals surface area contributed by atoms with Crippen molar-refractivity contribution < 1.29 is 4.79 Å². The molecular weight excluding hydrogens is 308 g/mol. The van der Waals surface area contributed by atoms with Crippen LogP contribution in [0.25, 0.3) is 0 Å². The predicted molar refractivity (Wildman–Crippen MR) is 75.0 cm³/mol. The SMILES string of the molecule is CCC(C)(NC(=O)c1ccc(Br)s1)C(N)=S. The molecule has 1 aromatic heterocycles. The highest BCUT2D eigenvalue weighted by molar-refractivity contribution is 9.11. The fourth-order valence-electron chi connectivity index (χ4n) is 1.07. The molecule has 6 heteroatoms. The zero-order valence-electron chi connectivity index (χ0n) is 9.04. The van der Waals surface area contributed by atoms with E-state index in [-0.39, 0.29) is 5.91 Å². The van der Waals surface area contributed by atoms with E-state index in [0.717, 1.165) is 3.79 Å². The second kappa shape index (κ2) is 5.25. The molecule has 1 amide bonds. The Bertz CT molecular complexity index is 419. The van der Waals surface area contributed by atoms with Crippen LogP contribution < -0.4 is 11.1 Å². The highest BCUT2D eigenvalue weighted by atomic mass is 79.9. The average molecular weight is 321 g/mol. The van der Waals surface area contributed by atoms with Gasteiger partial charge in [-0.15, -0.1) is 11.3 Å². The lowest BCUT2D eigenvalue weighted by molar-refractivity contribution is 0.0930. The van der Waals surface area contributed by atoms with Crippen molar-refractivity contribution >= 4 is 50.4 Å². The summed E-state index contributed by atoms with van der Waals surface area (Å²) in [5.41, 5.74) is 5.00. The molecule has 0 saturated heterocycles. The summed E-state index contributed by atoms with van der Waals surface area (Å²) < 4.78 is 0.922. The highest BCUT2D eigenvalue weighted by Gasteiger charge is 2.28. The Morgan fingerprint density at radius 2 is 2.31 bits per heavy atom. The fraction of sp³-hybridized carbons (Fsp3) is 0.400. The largest absolute Gasteiger partial charge is 0.391 e. The van der Waals surface area contributed by atoms with Gasteiger partial charge in [0.25, 0.3) is 5.91 Å². The van der Waals surface area contributed by atoms with Crippen LogP contribution in [0.5, 0.6) is 0 Å². The van der Waals surface area contributed by atoms with Gasteiger partial charge >= 0.3 is 0 Å². The summed E-state index contributed by atoms with van der Waals surface area (Å²) in [6.07, 6.45) is 0.667. The Morgan fingerprint density at radius 1 is 1.69 bits per heavy atom. The Kier molecular flexibility index (Phi) is 4.46. The standard InChI is InChI=1S/C10H13BrN2OS2/c1-3-10(2,9(12)15)13-8(14)6-4-5-7(11)16-6/h4-5H,3H2,1-2H3,(H2,12,15)(H,13,14). The lowest BCUT2D eigenvalue weighted by Gasteiger charge is -2.27. The molecule has 0 aromatic carbocycles. The van der Waals surface area contributed by atoms with Gasteiger partial charge in [-0.05, 0) is 41.4 Å². The Labute approximate surface area is 113 Å². The monoisotopic (exact) mass is 320 g/mol. The molecule has 0 bridgehead atoms. The first-order valence-corrected chi connectivity index (χ1v) is 6.78. The van der Waals surface area contributed by atoms with Gasteiger partial charge in [-0.25, -0.2) is 0 Å². The number of carbonyl (C=O) groups excluding carboxylic acids is 1. The van der Waals surface area contributed by atoms with Crippen molar-refractivity contribution in [3.05, 3.63) is 20.8 Å². The summed E-state index contributed by atoms with van der Waals surface area (Å²) in [6.45, 7) is 3.76. The molecule has 0 fully saturated rings. The normalized spacial score (nSPS) is 14.2. The van der Waals surface area contributed by atoms with Crippen molar-refractivity contribution in [3.63, 3.8) is 0 Å². The maximum atomic E-state index is 11.9. The molecule has 1 unspecified atom stereocenters. The number of rotatable bonds is 4. The van der Waals surface area contributed by atoms with Gasteiger partial charge in [0, 0.05) is 0 Å². The average Bonchev–Trinajstić information content (AvgIpc) is 2.64. The van der Waals surface area contributed by atoms with Crippen LogP contribution in [-0.2, 0) is 0 Å². The number of amides is 1. The number of thiophene rings is 1. The number of nitrogens with two attached hydrogens (primary N) is 1. The summed E-state index contributed by atoms with van der Waals surface area (Å²) in [4.78, 5) is 12.8. The molecule has 0 aliphatic carbocycles. The van der Waals surface area contributed by atoms with Crippen LogP contribution in [0.3, 0.4) is 0 Å². The molecule has 0 aliphatic rings. The van der Waals surface area contributed by atoms with Gasteiger partial charge in [0.15, 0.2) is 0 Å². The number of nitrogens with one attached hydrogen (secondary N) is 1. The van der Waals surface area contributed by atoms with Gasteiger partial charge in [-0.3, -0.25) is 4.79 Å². The smallest absolute Gasteiger partial charge is 0.262 e. The van der Waals surface area contributed by atoms with E-state index >= 15 is 0 Å². The van der Waals surface area contributed by atoms with Crippen molar-refractivity contribution in [2.75, 3.05) is 0 Å². The molecule has 1 aromatic rings. The van der Waals surface area contributed by atoms with E-state index < -0.39 is 5.54 Å². The highest BCUT2D eigenvalue weighted by Crippen LogP contribution is 2.22. The fourth-order valence-corrected chi connectivity index (χ4v) is 2.55. The molecule has 0 spiro atoms. The van der Waals surface area contributed by atoms with Crippen LogP contribution in [0.4, 0.5) is 0 Å². The summed E-state index contributed by atoms with van der Waals surface area (Å²) in [7, 11) is 0. The number of hydrogen-bond donors (Lipinski definition) is 2. The summed E-state index contributed by atoms with van der Waals surface area (Å²) >= 11 is 9.65. The molecular formula is C10H13BrN2OS2. The van der Waals surface area contributed by atoms with Crippen LogP contribution >= 0.6 is 39.5 Å². The molecule has 88 valence electrons. The van der Waals surface area contributed by atoms with Crippen molar-refractivity contribution in [3.8, 4) is 0 Å². The third kappa shape index (κ3) is 3.02. The Morgan fingerprint density at radius 3 is 2.69 bits per heavy atom. The quantitative estimate of drug-likeness (QED) is 0.839. The second-order valence-electron chi connectivity index (χ2n) is 3.61. The van der Waals surface area contributed by atoms with E-state index in [4.69, 9.17) is 18.0 Å². The Hall–Kier alpha value is -0.460. The van der Waals surface area contributed by atoms with Crippen molar-refractivity contribution in [1.29, 1.82) is 0 Å². The van der Waals surface area contributed by atoms with Crippen LogP contribution in [0, 0.1) is 0 Å². The third-order valence-corrected chi connectivity index (χ3v) is 4.51. The van der Waals surface area contributed by atoms with Crippen LogP contribution in [-0.4, -0.2) is 16.4 Å². The van der Waals surface area contributed by atoms with Gasteiger partial charge in [-0.2, -0.15) is 0 Å². The van der Waals surface area contributed by atoms with E-state index in [1.165, 1.54) is 11.3 Å². The van der Waals surface area contributed by atoms with Gasteiger partial charge in [-0.1, -0.05) is 19.1 Å². The van der Waals surface area contributed by atoms with Gasteiger partial charge in [0.05, 0.1) is 19.2 Å². The van der Waals surface area contributed by atoms with Crippen molar-refractivity contribution in [2.24, 2.45) is 5.73 Å². The van der Waals surface area contributed by atoms with E-state index in [0.29, 0.717) is 16.3 Å². The molecule has 3 nitrogen and oxygen atoms in total. The van der Waals surface area contributed by atoms with Gasteiger partial charge in [0.2, 0.25) is 0 Å². The molecule has 16 heavy (non-hydrogen) atoms. The summed E-state index contributed by atoms with van der Waals surface area (Å²) in [5.74, 6) is -0.146. The minimum atomic E-state index is -0.622. The molecule has 0 radical (unpaired) electrons.